The van der Waals surface area contributed by atoms with E-state index in [2.05, 4.69) is 44.1 Å². The second-order valence-corrected chi connectivity index (χ2v) is 8.32. The number of guanidine groups is 1. The van der Waals surface area contributed by atoms with Crippen molar-refractivity contribution in [1.29, 1.82) is 0 Å². The van der Waals surface area contributed by atoms with E-state index < -0.39 is 0 Å². The number of piperidine rings is 1. The highest BCUT2D eigenvalue weighted by molar-refractivity contribution is 5.79. The van der Waals surface area contributed by atoms with Crippen LogP contribution in [0.3, 0.4) is 0 Å². The number of H-pyrrole nitrogens is 1. The molecule has 1 spiro atoms. The standard InChI is InChI=1S/C23H26N6O/c24-20(30-19-11-16-5-8-26-21(16)27-14-19)15-28-22(25)29-9-6-23(7-10-29)12-17-3-1-2-4-18(17)13-23/h1-5,8,11,14-15H,6-7,9-10,12-13,24H2,(H2,25,28)(H,26,27)/b20-15+. The van der Waals surface area contributed by atoms with Crippen LogP contribution in [0, 0.1) is 5.41 Å². The van der Waals surface area contributed by atoms with Crippen LogP contribution in [0.25, 0.3) is 11.0 Å². The Hall–Kier alpha value is -3.48. The molecule has 0 radical (unpaired) electrons. The summed E-state index contributed by atoms with van der Waals surface area (Å²) in [7, 11) is 0. The summed E-state index contributed by atoms with van der Waals surface area (Å²) in [5, 5.41) is 0.958. The molecule has 2 aliphatic rings. The highest BCUT2D eigenvalue weighted by Gasteiger charge is 2.39. The lowest BCUT2D eigenvalue weighted by molar-refractivity contribution is 0.157. The van der Waals surface area contributed by atoms with E-state index >= 15 is 0 Å². The maximum Gasteiger partial charge on any atom is 0.209 e. The molecule has 0 bridgehead atoms. The first-order valence-corrected chi connectivity index (χ1v) is 10.3. The number of pyridine rings is 1. The predicted molar refractivity (Wildman–Crippen MR) is 118 cm³/mol. The number of rotatable bonds is 3. The van der Waals surface area contributed by atoms with Gasteiger partial charge in [-0.3, -0.25) is 0 Å². The van der Waals surface area contributed by atoms with Gasteiger partial charge < -0.3 is 26.1 Å². The van der Waals surface area contributed by atoms with Crippen LogP contribution in [-0.2, 0) is 12.8 Å². The maximum atomic E-state index is 6.23. The van der Waals surface area contributed by atoms with Gasteiger partial charge in [0.25, 0.3) is 0 Å². The van der Waals surface area contributed by atoms with Crippen molar-refractivity contribution in [2.45, 2.75) is 25.7 Å². The number of fused-ring (bicyclic) bond motifs is 2. The average molecular weight is 403 g/mol. The summed E-state index contributed by atoms with van der Waals surface area (Å²) in [5.74, 6) is 1.21. The third-order valence-electron chi connectivity index (χ3n) is 6.33. The number of hydrogen-bond donors (Lipinski definition) is 3. The summed E-state index contributed by atoms with van der Waals surface area (Å²) in [5.41, 5.74) is 16.4. The first kappa shape index (κ1) is 18.5. The molecule has 3 aromatic rings. The van der Waals surface area contributed by atoms with Crippen molar-refractivity contribution in [3.63, 3.8) is 0 Å². The quantitative estimate of drug-likeness (QED) is 0.355. The van der Waals surface area contributed by atoms with Gasteiger partial charge in [-0.25, -0.2) is 9.98 Å². The zero-order valence-corrected chi connectivity index (χ0v) is 16.8. The monoisotopic (exact) mass is 402 g/mol. The van der Waals surface area contributed by atoms with Crippen molar-refractivity contribution in [3.8, 4) is 5.75 Å². The second kappa shape index (κ2) is 7.40. The normalized spacial score (nSPS) is 18.7. The Labute approximate surface area is 175 Å². The molecule has 0 unspecified atom stereocenters. The molecule has 1 aliphatic heterocycles. The topological polar surface area (TPSA) is 106 Å². The Morgan fingerprint density at radius 1 is 1.13 bits per heavy atom. The Morgan fingerprint density at radius 2 is 1.87 bits per heavy atom. The zero-order valence-electron chi connectivity index (χ0n) is 16.8. The molecular weight excluding hydrogens is 376 g/mol. The Kier molecular flexibility index (Phi) is 4.58. The highest BCUT2D eigenvalue weighted by Crippen LogP contribution is 2.44. The summed E-state index contributed by atoms with van der Waals surface area (Å²) in [6.45, 7) is 1.82. The van der Waals surface area contributed by atoms with E-state index in [1.165, 1.54) is 30.2 Å². The fourth-order valence-electron chi connectivity index (χ4n) is 4.69. The number of nitrogens with zero attached hydrogens (tertiary/aromatic N) is 3. The first-order valence-electron chi connectivity index (χ1n) is 10.3. The van der Waals surface area contributed by atoms with Crippen molar-refractivity contribution in [2.24, 2.45) is 21.9 Å². The van der Waals surface area contributed by atoms with Gasteiger partial charge in [0.2, 0.25) is 5.88 Å². The second-order valence-electron chi connectivity index (χ2n) is 8.32. The summed E-state index contributed by atoms with van der Waals surface area (Å²) in [4.78, 5) is 13.8. The minimum atomic E-state index is 0.175. The van der Waals surface area contributed by atoms with Gasteiger partial charge in [-0.15, -0.1) is 0 Å². The fourth-order valence-corrected chi connectivity index (χ4v) is 4.69. The van der Waals surface area contributed by atoms with Gasteiger partial charge in [0.05, 0.1) is 12.4 Å². The first-order chi connectivity index (χ1) is 14.6. The Balaban J connectivity index is 1.19. The van der Waals surface area contributed by atoms with Gasteiger partial charge in [0.1, 0.15) is 11.4 Å². The van der Waals surface area contributed by atoms with E-state index in [0.717, 1.165) is 37.0 Å². The molecule has 7 nitrogen and oxygen atoms in total. The van der Waals surface area contributed by atoms with Crippen molar-refractivity contribution < 1.29 is 4.74 Å². The van der Waals surface area contributed by atoms with E-state index in [9.17, 15) is 0 Å². The van der Waals surface area contributed by atoms with Crippen molar-refractivity contribution >= 4 is 17.0 Å². The van der Waals surface area contributed by atoms with E-state index in [0.29, 0.717) is 17.1 Å². The Bertz CT molecular complexity index is 1100. The number of aromatic nitrogens is 2. The van der Waals surface area contributed by atoms with Crippen LogP contribution in [0.5, 0.6) is 5.75 Å². The van der Waals surface area contributed by atoms with Crippen LogP contribution < -0.4 is 16.2 Å². The van der Waals surface area contributed by atoms with Crippen molar-refractivity contribution in [3.05, 3.63) is 72.0 Å². The van der Waals surface area contributed by atoms with Crippen molar-refractivity contribution in [2.75, 3.05) is 13.1 Å². The number of likely N-dealkylation sites (tertiary alicyclic amines) is 1. The molecule has 0 amide bonds. The number of nitrogens with two attached hydrogens (primary N) is 2. The van der Waals surface area contributed by atoms with E-state index in [1.54, 1.807) is 6.20 Å². The SMILES string of the molecule is NC(=N/C=C(\N)Oc1cnc2[nH]ccc2c1)N1CCC2(CC1)Cc1ccccc1C2. The molecule has 3 heterocycles. The van der Waals surface area contributed by atoms with E-state index in [1.807, 2.05) is 18.3 Å². The van der Waals surface area contributed by atoms with Crippen molar-refractivity contribution in [1.82, 2.24) is 14.9 Å². The molecule has 5 N–H and O–H groups in total. The number of hydrogen-bond acceptors (Lipinski definition) is 4. The molecule has 1 saturated heterocycles. The molecule has 5 rings (SSSR count). The fraction of sp³-hybridized carbons (Fsp3) is 0.304. The van der Waals surface area contributed by atoms with Gasteiger partial charge in [-0.2, -0.15) is 0 Å². The zero-order chi connectivity index (χ0) is 20.6. The average Bonchev–Trinajstić information content (AvgIpc) is 3.36. The lowest BCUT2D eigenvalue weighted by Crippen LogP contribution is -2.46. The Morgan fingerprint density at radius 3 is 2.60 bits per heavy atom. The third-order valence-corrected chi connectivity index (χ3v) is 6.33. The summed E-state index contributed by atoms with van der Waals surface area (Å²) in [6, 6.07) is 12.6. The predicted octanol–water partition coefficient (Wildman–Crippen LogP) is 2.90. The smallest absolute Gasteiger partial charge is 0.209 e. The molecule has 0 atom stereocenters. The lowest BCUT2D eigenvalue weighted by atomic mass is 9.76. The van der Waals surface area contributed by atoms with E-state index in [-0.39, 0.29) is 5.88 Å². The summed E-state index contributed by atoms with van der Waals surface area (Å²) >= 11 is 0. The maximum absolute atomic E-state index is 6.23. The minimum Gasteiger partial charge on any atom is -0.438 e. The largest absolute Gasteiger partial charge is 0.438 e. The molecule has 0 saturated carbocycles. The van der Waals surface area contributed by atoms with Gasteiger partial charge in [-0.1, -0.05) is 24.3 Å². The lowest BCUT2D eigenvalue weighted by Gasteiger charge is -2.39. The summed E-state index contributed by atoms with van der Waals surface area (Å²) in [6.07, 6.45) is 9.51. The van der Waals surface area contributed by atoms with Crippen LogP contribution in [0.1, 0.15) is 24.0 Å². The summed E-state index contributed by atoms with van der Waals surface area (Å²) < 4.78 is 5.62. The van der Waals surface area contributed by atoms with E-state index in [4.69, 9.17) is 16.2 Å². The molecule has 7 heteroatoms. The van der Waals surface area contributed by atoms with Gasteiger partial charge >= 0.3 is 0 Å². The van der Waals surface area contributed by atoms with Crippen LogP contribution in [-0.4, -0.2) is 33.9 Å². The molecule has 1 aliphatic carbocycles. The van der Waals surface area contributed by atoms with Crippen LogP contribution in [0.2, 0.25) is 0 Å². The van der Waals surface area contributed by atoms with Gasteiger partial charge in [0.15, 0.2) is 5.96 Å². The number of aromatic amines is 1. The molecule has 1 fully saturated rings. The minimum absolute atomic E-state index is 0.175. The highest BCUT2D eigenvalue weighted by atomic mass is 16.5. The molecule has 154 valence electrons. The number of benzene rings is 1. The van der Waals surface area contributed by atoms with Crippen LogP contribution in [0.4, 0.5) is 0 Å². The van der Waals surface area contributed by atoms with Gasteiger partial charge in [0, 0.05) is 24.7 Å². The number of ether oxygens (including phenoxy) is 1. The third kappa shape index (κ3) is 3.58. The molecule has 1 aromatic carbocycles. The number of aliphatic imine (C=N–C) groups is 1. The molecule has 2 aromatic heterocycles. The van der Waals surface area contributed by atoms with Gasteiger partial charge in [-0.05, 0) is 54.4 Å². The number of nitrogens with one attached hydrogen (secondary N) is 1. The molecule has 30 heavy (non-hydrogen) atoms. The molecular formula is C23H26N6O. The van der Waals surface area contributed by atoms with Crippen LogP contribution >= 0.6 is 0 Å². The van der Waals surface area contributed by atoms with Crippen LogP contribution in [0.15, 0.2) is 65.9 Å².